The highest BCUT2D eigenvalue weighted by Crippen LogP contribution is 2.38. The van der Waals surface area contributed by atoms with Crippen molar-refractivity contribution >= 4 is 11.9 Å². The highest BCUT2D eigenvalue weighted by Gasteiger charge is 2.31. The maximum Gasteiger partial charge on any atom is 0.253 e. The molecule has 0 saturated heterocycles. The average Bonchev–Trinajstić information content (AvgIpc) is 2.71. The number of guanidine groups is 1. The van der Waals surface area contributed by atoms with Gasteiger partial charge in [0, 0.05) is 39.4 Å². The van der Waals surface area contributed by atoms with Gasteiger partial charge in [0.2, 0.25) is 0 Å². The second-order valence-corrected chi connectivity index (χ2v) is 7.98. The first kappa shape index (κ1) is 22.2. The summed E-state index contributed by atoms with van der Waals surface area (Å²) in [6, 6.07) is 7.62. The van der Waals surface area contributed by atoms with Crippen LogP contribution in [0.1, 0.15) is 61.4 Å². The minimum Gasteiger partial charge on any atom is -0.396 e. The van der Waals surface area contributed by atoms with E-state index < -0.39 is 0 Å². The van der Waals surface area contributed by atoms with Gasteiger partial charge in [-0.05, 0) is 49.3 Å². The molecule has 1 saturated carbocycles. The summed E-state index contributed by atoms with van der Waals surface area (Å²) in [7, 11) is 3.51. The molecule has 3 N–H and O–H groups in total. The summed E-state index contributed by atoms with van der Waals surface area (Å²) in [5.41, 5.74) is 1.93. The molecule has 0 heterocycles. The van der Waals surface area contributed by atoms with Crippen molar-refractivity contribution < 1.29 is 9.90 Å². The van der Waals surface area contributed by atoms with E-state index in [9.17, 15) is 9.90 Å². The summed E-state index contributed by atoms with van der Waals surface area (Å²) in [6.07, 6.45) is 6.97. The summed E-state index contributed by atoms with van der Waals surface area (Å²) in [5.74, 6) is 0.811. The van der Waals surface area contributed by atoms with Gasteiger partial charge in [-0.15, -0.1) is 0 Å². The monoisotopic (exact) mass is 388 g/mol. The first-order valence-electron chi connectivity index (χ1n) is 10.4. The zero-order valence-electron chi connectivity index (χ0n) is 17.6. The molecule has 0 aromatic heterocycles. The highest BCUT2D eigenvalue weighted by molar-refractivity contribution is 5.93. The number of nitrogens with zero attached hydrogens (tertiary/aromatic N) is 2. The first-order chi connectivity index (χ1) is 13.5. The zero-order valence-corrected chi connectivity index (χ0v) is 17.6. The van der Waals surface area contributed by atoms with Gasteiger partial charge in [-0.1, -0.05) is 31.4 Å². The average molecular weight is 389 g/mol. The molecule has 28 heavy (non-hydrogen) atoms. The van der Waals surface area contributed by atoms with Gasteiger partial charge < -0.3 is 20.6 Å². The fourth-order valence-corrected chi connectivity index (χ4v) is 3.85. The van der Waals surface area contributed by atoms with Gasteiger partial charge in [0.15, 0.2) is 5.96 Å². The van der Waals surface area contributed by atoms with Gasteiger partial charge in [0.05, 0.1) is 6.54 Å². The molecule has 0 aliphatic heterocycles. The number of hydrogen-bond acceptors (Lipinski definition) is 3. The lowest BCUT2D eigenvalue weighted by molar-refractivity contribution is 0.0827. The molecule has 1 amide bonds. The molecule has 156 valence electrons. The van der Waals surface area contributed by atoms with Crippen LogP contribution < -0.4 is 10.6 Å². The van der Waals surface area contributed by atoms with Crippen LogP contribution >= 0.6 is 0 Å². The number of rotatable bonds is 8. The van der Waals surface area contributed by atoms with Crippen molar-refractivity contribution in [3.8, 4) is 0 Å². The quantitative estimate of drug-likeness (QED) is 0.473. The van der Waals surface area contributed by atoms with Crippen molar-refractivity contribution in [3.63, 3.8) is 0 Å². The number of carbonyl (C=O) groups is 1. The Morgan fingerprint density at radius 2 is 1.82 bits per heavy atom. The minimum atomic E-state index is 0.00622. The smallest absolute Gasteiger partial charge is 0.253 e. The summed E-state index contributed by atoms with van der Waals surface area (Å²) in [5, 5.41) is 16.3. The molecule has 1 fully saturated rings. The third-order valence-electron chi connectivity index (χ3n) is 5.56. The van der Waals surface area contributed by atoms with E-state index in [2.05, 4.69) is 17.6 Å². The SMILES string of the molecule is CCNC(=NCc1ccc(C(=O)N(C)C)cc1)NCC1(CCO)CCCCC1. The van der Waals surface area contributed by atoms with Gasteiger partial charge in [0.25, 0.3) is 5.91 Å². The van der Waals surface area contributed by atoms with E-state index in [1.54, 1.807) is 19.0 Å². The van der Waals surface area contributed by atoms with Crippen LogP contribution in [0.5, 0.6) is 0 Å². The molecule has 6 nitrogen and oxygen atoms in total. The summed E-state index contributed by atoms with van der Waals surface area (Å²) in [4.78, 5) is 18.3. The maximum atomic E-state index is 12.0. The van der Waals surface area contributed by atoms with Gasteiger partial charge in [-0.3, -0.25) is 4.79 Å². The molecule has 1 aliphatic carbocycles. The van der Waals surface area contributed by atoms with Crippen LogP contribution in [-0.4, -0.2) is 55.7 Å². The summed E-state index contributed by atoms with van der Waals surface area (Å²) < 4.78 is 0. The second-order valence-electron chi connectivity index (χ2n) is 7.98. The molecular formula is C22H36N4O2. The van der Waals surface area contributed by atoms with Gasteiger partial charge in [0.1, 0.15) is 0 Å². The van der Waals surface area contributed by atoms with E-state index in [1.807, 2.05) is 24.3 Å². The lowest BCUT2D eigenvalue weighted by atomic mass is 9.72. The molecule has 1 aliphatic rings. The zero-order chi connectivity index (χ0) is 20.4. The number of nitrogens with one attached hydrogen (secondary N) is 2. The standard InChI is InChI=1S/C22H36N4O2/c1-4-23-21(25-17-22(14-15-27)12-6-5-7-13-22)24-16-18-8-10-19(11-9-18)20(28)26(2)3/h8-11,27H,4-7,12-17H2,1-3H3,(H2,23,24,25). The van der Waals surface area contributed by atoms with Crippen LogP contribution in [0.2, 0.25) is 0 Å². The van der Waals surface area contributed by atoms with Crippen LogP contribution in [0.3, 0.4) is 0 Å². The number of carbonyl (C=O) groups excluding carboxylic acids is 1. The number of amides is 1. The molecule has 2 rings (SSSR count). The van der Waals surface area contributed by atoms with Crippen molar-refractivity contribution in [2.45, 2.75) is 52.0 Å². The number of hydrogen-bond donors (Lipinski definition) is 3. The van der Waals surface area contributed by atoms with Crippen LogP contribution in [0.4, 0.5) is 0 Å². The van der Waals surface area contributed by atoms with Gasteiger partial charge >= 0.3 is 0 Å². The third kappa shape index (κ3) is 6.51. The van der Waals surface area contributed by atoms with Crippen LogP contribution in [0.15, 0.2) is 29.3 Å². The molecule has 0 bridgehead atoms. The number of aliphatic hydroxyl groups is 1. The fraction of sp³-hybridized carbons (Fsp3) is 0.636. The van der Waals surface area contributed by atoms with E-state index in [0.29, 0.717) is 12.1 Å². The Kier molecular flexibility index (Phi) is 8.77. The Bertz CT molecular complexity index is 629. The van der Waals surface area contributed by atoms with Crippen molar-refractivity contribution in [3.05, 3.63) is 35.4 Å². The van der Waals surface area contributed by atoms with Crippen molar-refractivity contribution in [1.82, 2.24) is 15.5 Å². The van der Waals surface area contributed by atoms with E-state index in [-0.39, 0.29) is 17.9 Å². The molecule has 0 spiro atoms. The molecule has 0 unspecified atom stereocenters. The van der Waals surface area contributed by atoms with Crippen molar-refractivity contribution in [2.24, 2.45) is 10.4 Å². The Balaban J connectivity index is 1.98. The Hall–Kier alpha value is -2.08. The maximum absolute atomic E-state index is 12.0. The van der Waals surface area contributed by atoms with Crippen molar-refractivity contribution in [1.29, 1.82) is 0 Å². The number of aliphatic hydroxyl groups excluding tert-OH is 1. The Morgan fingerprint density at radius 1 is 1.14 bits per heavy atom. The minimum absolute atomic E-state index is 0.00622. The number of benzene rings is 1. The molecule has 0 atom stereocenters. The molecule has 1 aromatic rings. The molecule has 0 radical (unpaired) electrons. The lowest BCUT2D eigenvalue weighted by Crippen LogP contribution is -2.44. The molecule has 1 aromatic carbocycles. The lowest BCUT2D eigenvalue weighted by Gasteiger charge is -2.37. The van der Waals surface area contributed by atoms with E-state index >= 15 is 0 Å². The van der Waals surface area contributed by atoms with E-state index in [0.717, 1.165) is 31.0 Å². The predicted molar refractivity (Wildman–Crippen MR) is 114 cm³/mol. The number of aliphatic imine (C=N–C) groups is 1. The van der Waals surface area contributed by atoms with Crippen LogP contribution in [-0.2, 0) is 6.54 Å². The third-order valence-corrected chi connectivity index (χ3v) is 5.56. The summed E-state index contributed by atoms with van der Waals surface area (Å²) in [6.45, 7) is 4.50. The Labute approximate surface area is 169 Å². The highest BCUT2D eigenvalue weighted by atomic mass is 16.3. The van der Waals surface area contributed by atoms with E-state index in [1.165, 1.54) is 32.1 Å². The van der Waals surface area contributed by atoms with Crippen molar-refractivity contribution in [2.75, 3.05) is 33.8 Å². The topological polar surface area (TPSA) is 77.0 Å². The predicted octanol–water partition coefficient (Wildman–Crippen LogP) is 2.78. The molecule has 6 heteroatoms. The second kappa shape index (κ2) is 11.1. The van der Waals surface area contributed by atoms with Crippen LogP contribution in [0, 0.1) is 5.41 Å². The van der Waals surface area contributed by atoms with Gasteiger partial charge in [-0.2, -0.15) is 0 Å². The largest absolute Gasteiger partial charge is 0.396 e. The normalized spacial score (nSPS) is 16.5. The molecular weight excluding hydrogens is 352 g/mol. The fourth-order valence-electron chi connectivity index (χ4n) is 3.85. The summed E-state index contributed by atoms with van der Waals surface area (Å²) >= 11 is 0. The Morgan fingerprint density at radius 3 is 2.39 bits per heavy atom. The van der Waals surface area contributed by atoms with E-state index in [4.69, 9.17) is 4.99 Å². The van der Waals surface area contributed by atoms with Gasteiger partial charge in [-0.25, -0.2) is 4.99 Å². The van der Waals surface area contributed by atoms with Crippen LogP contribution in [0.25, 0.3) is 0 Å². The first-order valence-corrected chi connectivity index (χ1v) is 10.4.